The Kier molecular flexibility index (Phi) is 5.34. The minimum absolute atomic E-state index is 0.171. The lowest BCUT2D eigenvalue weighted by Crippen LogP contribution is -2.30. The molecule has 1 N–H and O–H groups in total. The van der Waals surface area contributed by atoms with E-state index in [1.54, 1.807) is 22.9 Å². The van der Waals surface area contributed by atoms with Gasteiger partial charge in [-0.1, -0.05) is 6.07 Å². The Morgan fingerprint density at radius 3 is 2.60 bits per heavy atom. The molecule has 2 aromatic carbocycles. The third-order valence-electron chi connectivity index (χ3n) is 3.02. The summed E-state index contributed by atoms with van der Waals surface area (Å²) in [5.41, 5.74) is -0.564. The Bertz CT molecular complexity index is 969. The van der Waals surface area contributed by atoms with Gasteiger partial charge in [-0.25, -0.2) is 21.9 Å². The zero-order valence-corrected chi connectivity index (χ0v) is 13.7. The highest BCUT2D eigenvalue weighted by atomic mass is 32.2. The minimum atomic E-state index is -3.90. The molecule has 2 aromatic rings. The van der Waals surface area contributed by atoms with Crippen LogP contribution in [-0.2, 0) is 16.6 Å². The normalized spacial score (nSPS) is 10.8. The number of sulfonamides is 1. The number of benzene rings is 2. The number of amides is 1. The van der Waals surface area contributed by atoms with Crippen LogP contribution >= 0.6 is 0 Å². The first-order chi connectivity index (χ1) is 11.7. The fourth-order valence-electron chi connectivity index (χ4n) is 1.91. The monoisotopic (exact) mass is 366 g/mol. The van der Waals surface area contributed by atoms with Crippen LogP contribution in [0.25, 0.3) is 0 Å². The van der Waals surface area contributed by atoms with Crippen LogP contribution in [0.4, 0.5) is 8.78 Å². The summed E-state index contributed by atoms with van der Waals surface area (Å²) in [6.45, 7) is -0.342. The largest absolute Gasteiger partial charge is 0.489 e. The molecule has 1 amide bonds. The van der Waals surface area contributed by atoms with Crippen molar-refractivity contribution in [3.05, 3.63) is 64.7 Å². The predicted molar refractivity (Wildman–Crippen MR) is 84.2 cm³/mol. The van der Waals surface area contributed by atoms with Gasteiger partial charge in [0.15, 0.2) is 0 Å². The molecule has 130 valence electrons. The third kappa shape index (κ3) is 4.99. The second-order valence-corrected chi connectivity index (χ2v) is 6.80. The summed E-state index contributed by atoms with van der Waals surface area (Å²) in [7, 11) is -3.90. The molecule has 0 aliphatic rings. The molecule has 0 saturated carbocycles. The van der Waals surface area contributed by atoms with E-state index in [4.69, 9.17) is 10.00 Å². The topological polar surface area (TPSA) is 96.3 Å². The van der Waals surface area contributed by atoms with E-state index in [9.17, 15) is 22.0 Å². The molecule has 0 aliphatic carbocycles. The first-order valence-electron chi connectivity index (χ1n) is 6.82. The summed E-state index contributed by atoms with van der Waals surface area (Å²) < 4.78 is 56.9. The molecule has 25 heavy (non-hydrogen) atoms. The van der Waals surface area contributed by atoms with Gasteiger partial charge in [-0.05, 0) is 30.3 Å². The standard InChI is InChI=1S/C16H12F2N2O4S/c1-25(22,23)20-16(21)13-7-14(17)11(6-15(13)18)9-24-12-4-2-3-10(5-12)8-19/h2-7H,9H2,1H3,(H,20,21). The van der Waals surface area contributed by atoms with E-state index in [0.717, 1.165) is 12.3 Å². The maximum atomic E-state index is 14.0. The van der Waals surface area contributed by atoms with E-state index in [1.807, 2.05) is 6.07 Å². The van der Waals surface area contributed by atoms with E-state index in [-0.39, 0.29) is 17.9 Å². The van der Waals surface area contributed by atoms with Gasteiger partial charge in [-0.15, -0.1) is 0 Å². The Balaban J connectivity index is 2.19. The number of ether oxygens (including phenoxy) is 1. The number of halogens is 2. The molecule has 0 radical (unpaired) electrons. The van der Waals surface area contributed by atoms with Crippen LogP contribution in [0.5, 0.6) is 5.75 Å². The molecule has 0 fully saturated rings. The average Bonchev–Trinajstić information content (AvgIpc) is 2.53. The van der Waals surface area contributed by atoms with Crippen molar-refractivity contribution in [1.29, 1.82) is 5.26 Å². The second kappa shape index (κ2) is 7.27. The van der Waals surface area contributed by atoms with Crippen LogP contribution in [0.1, 0.15) is 21.5 Å². The summed E-state index contributed by atoms with van der Waals surface area (Å²) in [6, 6.07) is 9.37. The van der Waals surface area contributed by atoms with Gasteiger partial charge in [0.25, 0.3) is 5.91 Å². The molecular formula is C16H12F2N2O4S. The van der Waals surface area contributed by atoms with Gasteiger partial charge in [-0.2, -0.15) is 5.26 Å². The lowest BCUT2D eigenvalue weighted by molar-refractivity contribution is 0.0977. The van der Waals surface area contributed by atoms with Gasteiger partial charge in [0.05, 0.1) is 23.5 Å². The summed E-state index contributed by atoms with van der Waals surface area (Å²) >= 11 is 0. The lowest BCUT2D eigenvalue weighted by atomic mass is 10.1. The molecule has 0 heterocycles. The van der Waals surface area contributed by atoms with Crippen LogP contribution in [-0.4, -0.2) is 20.6 Å². The Morgan fingerprint density at radius 2 is 1.96 bits per heavy atom. The van der Waals surface area contributed by atoms with Crippen molar-refractivity contribution < 1.29 is 26.7 Å². The number of nitriles is 1. The quantitative estimate of drug-likeness (QED) is 0.874. The Labute approximate surface area is 142 Å². The molecule has 0 aliphatic heterocycles. The highest BCUT2D eigenvalue weighted by Gasteiger charge is 2.19. The van der Waals surface area contributed by atoms with E-state index in [2.05, 4.69) is 0 Å². The molecule has 0 aromatic heterocycles. The highest BCUT2D eigenvalue weighted by Crippen LogP contribution is 2.19. The van der Waals surface area contributed by atoms with Crippen LogP contribution in [0.2, 0.25) is 0 Å². The first kappa shape index (κ1) is 18.4. The fourth-order valence-corrected chi connectivity index (χ4v) is 2.36. The van der Waals surface area contributed by atoms with Gasteiger partial charge < -0.3 is 4.74 Å². The SMILES string of the molecule is CS(=O)(=O)NC(=O)c1cc(F)c(COc2cccc(C#N)c2)cc1F. The number of hydrogen-bond donors (Lipinski definition) is 1. The van der Waals surface area contributed by atoms with Crippen molar-refractivity contribution in [3.8, 4) is 11.8 Å². The molecule has 9 heteroatoms. The molecule has 0 bridgehead atoms. The predicted octanol–water partition coefficient (Wildman–Crippen LogP) is 2.10. The van der Waals surface area contributed by atoms with Gasteiger partial charge in [0.1, 0.15) is 24.0 Å². The summed E-state index contributed by atoms with van der Waals surface area (Å²) in [4.78, 5) is 11.6. The van der Waals surface area contributed by atoms with Crippen molar-refractivity contribution in [2.75, 3.05) is 6.26 Å². The van der Waals surface area contributed by atoms with Crippen molar-refractivity contribution in [2.24, 2.45) is 0 Å². The number of nitrogens with one attached hydrogen (secondary N) is 1. The number of nitrogens with zero attached hydrogens (tertiary/aromatic N) is 1. The van der Waals surface area contributed by atoms with Crippen molar-refractivity contribution >= 4 is 15.9 Å². The van der Waals surface area contributed by atoms with E-state index in [1.165, 1.54) is 6.07 Å². The number of carbonyl (C=O) groups is 1. The molecule has 6 nitrogen and oxygen atoms in total. The Morgan fingerprint density at radius 1 is 1.24 bits per heavy atom. The van der Waals surface area contributed by atoms with Crippen molar-refractivity contribution in [1.82, 2.24) is 4.72 Å². The summed E-state index contributed by atoms with van der Waals surface area (Å²) in [6.07, 6.45) is 0.719. The zero-order valence-electron chi connectivity index (χ0n) is 12.9. The molecule has 0 spiro atoms. The highest BCUT2D eigenvalue weighted by molar-refractivity contribution is 7.89. The second-order valence-electron chi connectivity index (χ2n) is 5.06. The van der Waals surface area contributed by atoms with Crippen LogP contribution in [0, 0.1) is 23.0 Å². The molecule has 2 rings (SSSR count). The lowest BCUT2D eigenvalue weighted by Gasteiger charge is -2.10. The number of rotatable bonds is 5. The zero-order chi connectivity index (χ0) is 18.6. The van der Waals surface area contributed by atoms with E-state index < -0.39 is 33.1 Å². The van der Waals surface area contributed by atoms with Crippen LogP contribution in [0.3, 0.4) is 0 Å². The summed E-state index contributed by atoms with van der Waals surface area (Å²) in [5, 5.41) is 8.80. The molecule has 0 atom stereocenters. The van der Waals surface area contributed by atoms with E-state index >= 15 is 0 Å². The van der Waals surface area contributed by atoms with E-state index in [0.29, 0.717) is 11.6 Å². The minimum Gasteiger partial charge on any atom is -0.489 e. The Hall–Kier alpha value is -2.99. The molecule has 0 unspecified atom stereocenters. The van der Waals surface area contributed by atoms with Crippen molar-refractivity contribution in [2.45, 2.75) is 6.61 Å². The maximum absolute atomic E-state index is 14.0. The number of carbonyl (C=O) groups excluding carboxylic acids is 1. The first-order valence-corrected chi connectivity index (χ1v) is 8.72. The van der Waals surface area contributed by atoms with Crippen LogP contribution in [0.15, 0.2) is 36.4 Å². The van der Waals surface area contributed by atoms with Crippen molar-refractivity contribution in [3.63, 3.8) is 0 Å². The van der Waals surface area contributed by atoms with Gasteiger partial charge in [-0.3, -0.25) is 4.79 Å². The molecular weight excluding hydrogens is 354 g/mol. The average molecular weight is 366 g/mol. The van der Waals surface area contributed by atoms with Gasteiger partial charge in [0, 0.05) is 5.56 Å². The molecule has 0 saturated heterocycles. The smallest absolute Gasteiger partial charge is 0.267 e. The number of hydrogen-bond acceptors (Lipinski definition) is 5. The van der Waals surface area contributed by atoms with Gasteiger partial charge >= 0.3 is 0 Å². The van der Waals surface area contributed by atoms with Crippen LogP contribution < -0.4 is 9.46 Å². The maximum Gasteiger partial charge on any atom is 0.267 e. The third-order valence-corrected chi connectivity index (χ3v) is 3.57. The fraction of sp³-hybridized carbons (Fsp3) is 0.125. The van der Waals surface area contributed by atoms with Gasteiger partial charge in [0.2, 0.25) is 10.0 Å². The summed E-state index contributed by atoms with van der Waals surface area (Å²) in [5.74, 6) is -3.01.